The van der Waals surface area contributed by atoms with Gasteiger partial charge in [-0.15, -0.1) is 13.2 Å². The normalized spacial score (nSPS) is 9.56. The topological polar surface area (TPSA) is 49.8 Å². The first kappa shape index (κ1) is 13.8. The first-order valence-corrected chi connectivity index (χ1v) is 5.58. The van der Waals surface area contributed by atoms with Gasteiger partial charge in [0, 0.05) is 24.8 Å². The van der Waals surface area contributed by atoms with Crippen LogP contribution in [0.15, 0.2) is 49.6 Å². The summed E-state index contributed by atoms with van der Waals surface area (Å²) in [5, 5.41) is 8.56. The number of carboxylic acids is 1. The largest absolute Gasteiger partial charge is 0.482 e. The third kappa shape index (κ3) is 4.33. The SMILES string of the molecule is C=CCN(CC=C)c1cccc(OCC(=O)O)c1. The summed E-state index contributed by atoms with van der Waals surface area (Å²) in [6.45, 7) is 8.45. The van der Waals surface area contributed by atoms with Gasteiger partial charge in [-0.3, -0.25) is 0 Å². The first-order chi connectivity index (χ1) is 8.67. The summed E-state index contributed by atoms with van der Waals surface area (Å²) in [6.07, 6.45) is 3.60. The second-order valence-electron chi connectivity index (χ2n) is 3.66. The van der Waals surface area contributed by atoms with Gasteiger partial charge in [-0.2, -0.15) is 0 Å². The summed E-state index contributed by atoms with van der Waals surface area (Å²) in [6, 6.07) is 7.29. The molecule has 4 nitrogen and oxygen atoms in total. The minimum Gasteiger partial charge on any atom is -0.482 e. The third-order valence-corrected chi connectivity index (χ3v) is 2.24. The number of rotatable bonds is 8. The molecule has 0 aromatic heterocycles. The minimum atomic E-state index is -0.991. The number of anilines is 1. The molecule has 18 heavy (non-hydrogen) atoms. The lowest BCUT2D eigenvalue weighted by molar-refractivity contribution is -0.139. The van der Waals surface area contributed by atoms with E-state index in [1.54, 1.807) is 24.3 Å². The summed E-state index contributed by atoms with van der Waals surface area (Å²) in [4.78, 5) is 12.5. The van der Waals surface area contributed by atoms with E-state index in [0.29, 0.717) is 18.8 Å². The van der Waals surface area contributed by atoms with Crippen molar-refractivity contribution in [3.8, 4) is 5.75 Å². The average molecular weight is 247 g/mol. The van der Waals surface area contributed by atoms with Crippen LogP contribution in [0.1, 0.15) is 0 Å². The van der Waals surface area contributed by atoms with Gasteiger partial charge in [0.05, 0.1) is 0 Å². The minimum absolute atomic E-state index is 0.341. The fourth-order valence-electron chi connectivity index (χ4n) is 1.51. The van der Waals surface area contributed by atoms with Crippen LogP contribution in [0, 0.1) is 0 Å². The van der Waals surface area contributed by atoms with Gasteiger partial charge >= 0.3 is 5.97 Å². The molecule has 4 heteroatoms. The van der Waals surface area contributed by atoms with Crippen molar-refractivity contribution in [2.75, 3.05) is 24.6 Å². The fraction of sp³-hybridized carbons (Fsp3) is 0.214. The molecule has 1 N–H and O–H groups in total. The van der Waals surface area contributed by atoms with Gasteiger partial charge in [0.25, 0.3) is 0 Å². The summed E-state index contributed by atoms with van der Waals surface area (Å²) in [7, 11) is 0. The number of carboxylic acid groups (broad SMARTS) is 1. The zero-order valence-electron chi connectivity index (χ0n) is 10.2. The molecule has 0 atom stereocenters. The highest BCUT2D eigenvalue weighted by Crippen LogP contribution is 2.21. The summed E-state index contributed by atoms with van der Waals surface area (Å²) >= 11 is 0. The van der Waals surface area contributed by atoms with E-state index in [9.17, 15) is 4.79 Å². The Hall–Kier alpha value is -2.23. The zero-order chi connectivity index (χ0) is 13.4. The molecule has 0 aliphatic carbocycles. The van der Waals surface area contributed by atoms with Crippen molar-refractivity contribution < 1.29 is 14.6 Å². The van der Waals surface area contributed by atoms with Crippen LogP contribution in [0.25, 0.3) is 0 Å². The molecule has 0 saturated heterocycles. The molecule has 0 amide bonds. The molecule has 1 rings (SSSR count). The number of carbonyl (C=O) groups is 1. The van der Waals surface area contributed by atoms with Crippen LogP contribution in [0.5, 0.6) is 5.75 Å². The number of ether oxygens (including phenoxy) is 1. The monoisotopic (exact) mass is 247 g/mol. The van der Waals surface area contributed by atoms with E-state index in [2.05, 4.69) is 13.2 Å². The maximum absolute atomic E-state index is 10.4. The predicted molar refractivity (Wildman–Crippen MR) is 72.2 cm³/mol. The second-order valence-corrected chi connectivity index (χ2v) is 3.66. The number of benzene rings is 1. The maximum Gasteiger partial charge on any atom is 0.341 e. The Labute approximate surface area is 107 Å². The van der Waals surface area contributed by atoms with Gasteiger partial charge in [-0.25, -0.2) is 4.79 Å². The lowest BCUT2D eigenvalue weighted by Gasteiger charge is -2.22. The van der Waals surface area contributed by atoms with E-state index in [4.69, 9.17) is 9.84 Å². The lowest BCUT2D eigenvalue weighted by atomic mass is 10.2. The number of hydrogen-bond acceptors (Lipinski definition) is 3. The van der Waals surface area contributed by atoms with Crippen molar-refractivity contribution in [3.63, 3.8) is 0 Å². The van der Waals surface area contributed by atoms with E-state index >= 15 is 0 Å². The van der Waals surface area contributed by atoms with Gasteiger partial charge < -0.3 is 14.7 Å². The third-order valence-electron chi connectivity index (χ3n) is 2.24. The molecule has 1 aromatic carbocycles. The Balaban J connectivity index is 2.80. The van der Waals surface area contributed by atoms with Crippen LogP contribution >= 0.6 is 0 Å². The highest BCUT2D eigenvalue weighted by molar-refractivity contribution is 5.68. The molecule has 0 spiro atoms. The fourth-order valence-corrected chi connectivity index (χ4v) is 1.51. The number of aliphatic carboxylic acids is 1. The molecule has 0 aliphatic rings. The van der Waals surface area contributed by atoms with Crippen LogP contribution in [0.4, 0.5) is 5.69 Å². The van der Waals surface area contributed by atoms with Crippen LogP contribution in [-0.4, -0.2) is 30.8 Å². The highest BCUT2D eigenvalue weighted by atomic mass is 16.5. The molecular weight excluding hydrogens is 230 g/mol. The van der Waals surface area contributed by atoms with Crippen LogP contribution in [0.2, 0.25) is 0 Å². The molecule has 96 valence electrons. The van der Waals surface area contributed by atoms with Crippen LogP contribution < -0.4 is 9.64 Å². The number of hydrogen-bond donors (Lipinski definition) is 1. The quantitative estimate of drug-likeness (QED) is 0.716. The van der Waals surface area contributed by atoms with Crippen molar-refractivity contribution in [3.05, 3.63) is 49.6 Å². The molecule has 0 aliphatic heterocycles. The Bertz CT molecular complexity index is 419. The Morgan fingerprint density at radius 1 is 1.33 bits per heavy atom. The molecular formula is C14H17NO3. The van der Waals surface area contributed by atoms with E-state index in [-0.39, 0.29) is 6.61 Å². The molecule has 1 aromatic rings. The van der Waals surface area contributed by atoms with Crippen molar-refractivity contribution in [2.24, 2.45) is 0 Å². The Morgan fingerprint density at radius 3 is 2.56 bits per heavy atom. The second kappa shape index (κ2) is 7.17. The van der Waals surface area contributed by atoms with Crippen LogP contribution in [-0.2, 0) is 4.79 Å². The van der Waals surface area contributed by atoms with Crippen molar-refractivity contribution in [1.82, 2.24) is 0 Å². The average Bonchev–Trinajstić information content (AvgIpc) is 2.36. The van der Waals surface area contributed by atoms with E-state index in [0.717, 1.165) is 5.69 Å². The molecule has 0 unspecified atom stereocenters. The number of nitrogens with zero attached hydrogens (tertiary/aromatic N) is 1. The van der Waals surface area contributed by atoms with Gasteiger partial charge in [-0.05, 0) is 12.1 Å². The molecule has 0 bridgehead atoms. The van der Waals surface area contributed by atoms with Crippen LogP contribution in [0.3, 0.4) is 0 Å². The van der Waals surface area contributed by atoms with Gasteiger partial charge in [0.2, 0.25) is 0 Å². The van der Waals surface area contributed by atoms with E-state index < -0.39 is 5.97 Å². The van der Waals surface area contributed by atoms with Gasteiger partial charge in [0.1, 0.15) is 5.75 Å². The highest BCUT2D eigenvalue weighted by Gasteiger charge is 2.05. The van der Waals surface area contributed by atoms with Crippen molar-refractivity contribution in [1.29, 1.82) is 0 Å². The maximum atomic E-state index is 10.4. The summed E-state index contributed by atoms with van der Waals surface area (Å²) in [5.74, 6) is -0.456. The predicted octanol–water partition coefficient (Wildman–Crippen LogP) is 2.33. The Morgan fingerprint density at radius 2 is 2.00 bits per heavy atom. The molecule has 0 heterocycles. The van der Waals surface area contributed by atoms with Gasteiger partial charge in [0.15, 0.2) is 6.61 Å². The Kier molecular flexibility index (Phi) is 5.51. The molecule has 0 fully saturated rings. The first-order valence-electron chi connectivity index (χ1n) is 5.58. The smallest absolute Gasteiger partial charge is 0.341 e. The van der Waals surface area contributed by atoms with Crippen molar-refractivity contribution in [2.45, 2.75) is 0 Å². The standard InChI is InChI=1S/C14H17NO3/c1-3-8-15(9-4-2)12-6-5-7-13(10-12)18-11-14(16)17/h3-7,10H,1-2,8-9,11H2,(H,16,17). The molecule has 0 saturated carbocycles. The zero-order valence-corrected chi connectivity index (χ0v) is 10.2. The van der Waals surface area contributed by atoms with Crippen molar-refractivity contribution >= 4 is 11.7 Å². The van der Waals surface area contributed by atoms with E-state index in [1.165, 1.54) is 0 Å². The summed E-state index contributed by atoms with van der Waals surface area (Å²) in [5.41, 5.74) is 0.942. The van der Waals surface area contributed by atoms with Gasteiger partial charge in [-0.1, -0.05) is 18.2 Å². The van der Waals surface area contributed by atoms with E-state index in [1.807, 2.05) is 17.0 Å². The molecule has 0 radical (unpaired) electrons. The summed E-state index contributed by atoms with van der Waals surface area (Å²) < 4.78 is 5.14. The lowest BCUT2D eigenvalue weighted by Crippen LogP contribution is -2.23.